The van der Waals surface area contributed by atoms with E-state index in [0.29, 0.717) is 12.4 Å². The third-order valence-electron chi connectivity index (χ3n) is 3.61. The summed E-state index contributed by atoms with van der Waals surface area (Å²) >= 11 is 0. The van der Waals surface area contributed by atoms with Gasteiger partial charge >= 0.3 is 11.4 Å². The van der Waals surface area contributed by atoms with E-state index < -0.39 is 16.4 Å². The minimum absolute atomic E-state index is 0.0850. The average molecular weight is 292 g/mol. The first-order valence-electron chi connectivity index (χ1n) is 6.66. The lowest BCUT2D eigenvalue weighted by Crippen LogP contribution is -2.27. The summed E-state index contributed by atoms with van der Waals surface area (Å²) in [5.74, 6) is -0.225. The maximum Gasteiger partial charge on any atom is 0.346 e. The van der Waals surface area contributed by atoms with Crippen LogP contribution in [0.5, 0.6) is 0 Å². The third-order valence-corrected chi connectivity index (χ3v) is 3.61. The van der Waals surface area contributed by atoms with Gasteiger partial charge in [-0.2, -0.15) is 9.49 Å². The molecule has 0 fully saturated rings. The average Bonchev–Trinajstić information content (AvgIpc) is 2.78. The summed E-state index contributed by atoms with van der Waals surface area (Å²) in [6.07, 6.45) is 2.62. The highest BCUT2D eigenvalue weighted by atomic mass is 19.1. The van der Waals surface area contributed by atoms with Crippen LogP contribution in [0.2, 0.25) is 0 Å². The van der Waals surface area contributed by atoms with Crippen molar-refractivity contribution < 1.29 is 9.31 Å². The first kappa shape index (κ1) is 13.5. The second-order valence-electron chi connectivity index (χ2n) is 4.97. The highest BCUT2D eigenvalue weighted by Gasteiger charge is 2.20. The van der Waals surface area contributed by atoms with Crippen LogP contribution in [0, 0.1) is 15.9 Å². The van der Waals surface area contributed by atoms with Gasteiger partial charge in [0.2, 0.25) is 5.82 Å². The fourth-order valence-corrected chi connectivity index (χ4v) is 2.54. The third kappa shape index (κ3) is 2.32. The van der Waals surface area contributed by atoms with Crippen LogP contribution in [0.1, 0.15) is 24.2 Å². The van der Waals surface area contributed by atoms with Gasteiger partial charge < -0.3 is 0 Å². The van der Waals surface area contributed by atoms with E-state index in [1.807, 2.05) is 0 Å². The van der Waals surface area contributed by atoms with Crippen LogP contribution in [0.3, 0.4) is 0 Å². The van der Waals surface area contributed by atoms with Gasteiger partial charge in [0.05, 0.1) is 11.5 Å². The van der Waals surface area contributed by atoms with Crippen molar-refractivity contribution in [3.05, 3.63) is 56.0 Å². The number of fused-ring (bicyclic) bond motifs is 1. The summed E-state index contributed by atoms with van der Waals surface area (Å²) in [4.78, 5) is 22.1. The number of nitro benzene ring substituents is 1. The molecule has 2 aromatic rings. The van der Waals surface area contributed by atoms with Gasteiger partial charge in [-0.15, -0.1) is 0 Å². The number of rotatable bonds is 3. The van der Waals surface area contributed by atoms with Crippen molar-refractivity contribution in [1.82, 2.24) is 14.3 Å². The maximum atomic E-state index is 14.0. The summed E-state index contributed by atoms with van der Waals surface area (Å²) < 4.78 is 16.8. The summed E-state index contributed by atoms with van der Waals surface area (Å²) in [5, 5.41) is 14.9. The van der Waals surface area contributed by atoms with Crippen molar-refractivity contribution in [2.45, 2.75) is 32.4 Å². The standard InChI is InChI=1S/C13H13FN4O3/c14-12-9(4-3-5-10(12)18(20)21)8-17-13(19)16-7-2-1-6-11(16)15-17/h3-5H,1-2,6-8H2. The van der Waals surface area contributed by atoms with Crippen molar-refractivity contribution in [3.8, 4) is 0 Å². The monoisotopic (exact) mass is 292 g/mol. The molecule has 1 aromatic carbocycles. The lowest BCUT2D eigenvalue weighted by Gasteiger charge is -2.09. The van der Waals surface area contributed by atoms with Gasteiger partial charge in [-0.3, -0.25) is 14.7 Å². The first-order valence-corrected chi connectivity index (χ1v) is 6.66. The second-order valence-corrected chi connectivity index (χ2v) is 4.97. The first-order chi connectivity index (χ1) is 10.1. The number of aryl methyl sites for hydroxylation is 1. The molecule has 0 unspecified atom stereocenters. The normalized spacial score (nSPS) is 14.0. The second kappa shape index (κ2) is 5.12. The number of aromatic nitrogens is 3. The molecule has 0 amide bonds. The summed E-state index contributed by atoms with van der Waals surface area (Å²) in [5.41, 5.74) is -0.804. The summed E-state index contributed by atoms with van der Waals surface area (Å²) in [7, 11) is 0. The van der Waals surface area contributed by atoms with Crippen molar-refractivity contribution in [2.24, 2.45) is 0 Å². The van der Waals surface area contributed by atoms with Crippen LogP contribution in [0.15, 0.2) is 23.0 Å². The molecule has 3 rings (SSSR count). The van der Waals surface area contributed by atoms with E-state index >= 15 is 0 Å². The molecule has 0 spiro atoms. The van der Waals surface area contributed by atoms with E-state index in [1.165, 1.54) is 16.8 Å². The number of benzene rings is 1. The van der Waals surface area contributed by atoms with E-state index in [4.69, 9.17) is 0 Å². The molecule has 7 nitrogen and oxygen atoms in total. The fraction of sp³-hybridized carbons (Fsp3) is 0.385. The Morgan fingerprint density at radius 1 is 1.38 bits per heavy atom. The Morgan fingerprint density at radius 3 is 2.90 bits per heavy atom. The molecule has 0 radical (unpaired) electrons. The molecule has 8 heteroatoms. The quantitative estimate of drug-likeness (QED) is 0.633. The smallest absolute Gasteiger partial charge is 0.279 e. The molecule has 0 N–H and O–H groups in total. The molecule has 0 saturated heterocycles. The van der Waals surface area contributed by atoms with Crippen LogP contribution in [-0.4, -0.2) is 19.3 Å². The van der Waals surface area contributed by atoms with Crippen LogP contribution in [-0.2, 0) is 19.5 Å². The molecule has 0 atom stereocenters. The fourth-order valence-electron chi connectivity index (χ4n) is 2.54. The maximum absolute atomic E-state index is 14.0. The largest absolute Gasteiger partial charge is 0.346 e. The Labute approximate surface area is 118 Å². The molecule has 2 heterocycles. The zero-order valence-electron chi connectivity index (χ0n) is 11.2. The van der Waals surface area contributed by atoms with Gasteiger partial charge in [0, 0.05) is 24.6 Å². The molecule has 1 aromatic heterocycles. The molecular formula is C13H13FN4O3. The highest BCUT2D eigenvalue weighted by Crippen LogP contribution is 2.20. The van der Waals surface area contributed by atoms with Gasteiger partial charge in [-0.05, 0) is 12.8 Å². The van der Waals surface area contributed by atoms with Crippen LogP contribution >= 0.6 is 0 Å². The van der Waals surface area contributed by atoms with E-state index in [2.05, 4.69) is 5.10 Å². The Balaban J connectivity index is 1.98. The van der Waals surface area contributed by atoms with Gasteiger partial charge in [-0.25, -0.2) is 9.48 Å². The van der Waals surface area contributed by atoms with E-state index in [-0.39, 0.29) is 17.8 Å². The highest BCUT2D eigenvalue weighted by molar-refractivity contribution is 5.36. The number of hydrogen-bond acceptors (Lipinski definition) is 4. The zero-order valence-corrected chi connectivity index (χ0v) is 11.2. The minimum Gasteiger partial charge on any atom is -0.279 e. The van der Waals surface area contributed by atoms with Crippen LogP contribution in [0.25, 0.3) is 0 Å². The van der Waals surface area contributed by atoms with Crippen LogP contribution in [0.4, 0.5) is 10.1 Å². The summed E-state index contributed by atoms with van der Waals surface area (Å²) in [6.45, 7) is 0.512. The van der Waals surface area contributed by atoms with Crippen LogP contribution < -0.4 is 5.69 Å². The van der Waals surface area contributed by atoms with E-state index in [0.717, 1.165) is 25.3 Å². The number of nitro groups is 1. The Bertz CT molecular complexity index is 765. The molecule has 1 aliphatic rings. The van der Waals surface area contributed by atoms with Gasteiger partial charge in [0.1, 0.15) is 5.82 Å². The Hall–Kier alpha value is -2.51. The molecule has 110 valence electrons. The lowest BCUT2D eigenvalue weighted by molar-refractivity contribution is -0.387. The molecule has 0 bridgehead atoms. The number of halogens is 1. The van der Waals surface area contributed by atoms with Gasteiger partial charge in [0.25, 0.3) is 0 Å². The van der Waals surface area contributed by atoms with Crippen molar-refractivity contribution in [2.75, 3.05) is 0 Å². The van der Waals surface area contributed by atoms with Gasteiger partial charge in [-0.1, -0.05) is 12.1 Å². The topological polar surface area (TPSA) is 83.0 Å². The predicted molar refractivity (Wildman–Crippen MR) is 71.6 cm³/mol. The lowest BCUT2D eigenvalue weighted by atomic mass is 10.2. The van der Waals surface area contributed by atoms with Gasteiger partial charge in [0.15, 0.2) is 0 Å². The van der Waals surface area contributed by atoms with Crippen molar-refractivity contribution in [3.63, 3.8) is 0 Å². The SMILES string of the molecule is O=c1n(Cc2cccc([N+](=O)[O-])c2F)nc2n1CCCC2. The van der Waals surface area contributed by atoms with Crippen molar-refractivity contribution in [1.29, 1.82) is 0 Å². The molecule has 0 saturated carbocycles. The number of hydrogen-bond donors (Lipinski definition) is 0. The predicted octanol–water partition coefficient (Wildman–Crippen LogP) is 1.48. The van der Waals surface area contributed by atoms with E-state index in [1.54, 1.807) is 4.57 Å². The summed E-state index contributed by atoms with van der Waals surface area (Å²) in [6, 6.07) is 3.92. The van der Waals surface area contributed by atoms with E-state index in [9.17, 15) is 19.3 Å². The zero-order chi connectivity index (χ0) is 15.0. The Morgan fingerprint density at radius 2 is 2.19 bits per heavy atom. The van der Waals surface area contributed by atoms with Crippen molar-refractivity contribution >= 4 is 5.69 Å². The molecule has 21 heavy (non-hydrogen) atoms. The molecule has 0 aliphatic carbocycles. The Kier molecular flexibility index (Phi) is 3.28. The molecular weight excluding hydrogens is 279 g/mol. The number of nitrogens with zero attached hydrogens (tertiary/aromatic N) is 4. The molecule has 1 aliphatic heterocycles. The minimum atomic E-state index is -0.916.